The number of aryl methyl sites for hydroxylation is 3. The Morgan fingerprint density at radius 3 is 2.77 bits per heavy atom. The first kappa shape index (κ1) is 16.3. The summed E-state index contributed by atoms with van der Waals surface area (Å²) in [5.74, 6) is 0.679. The Morgan fingerprint density at radius 1 is 1.31 bits per heavy atom. The van der Waals surface area contributed by atoms with Gasteiger partial charge in [0.05, 0.1) is 30.3 Å². The molecule has 3 aromatic rings. The van der Waals surface area contributed by atoms with Crippen LogP contribution < -0.4 is 4.74 Å². The highest BCUT2D eigenvalue weighted by atomic mass is 16.5. The summed E-state index contributed by atoms with van der Waals surface area (Å²) in [5.41, 5.74) is 2.17. The summed E-state index contributed by atoms with van der Waals surface area (Å²) in [5, 5.41) is 16.6. The van der Waals surface area contributed by atoms with E-state index in [1.807, 2.05) is 20.2 Å². The number of ether oxygens (including phenoxy) is 1. The Kier molecular flexibility index (Phi) is 3.94. The number of hydrogen-bond acceptors (Lipinski definition) is 6. The van der Waals surface area contributed by atoms with Crippen LogP contribution in [0.1, 0.15) is 27.9 Å². The van der Waals surface area contributed by atoms with Crippen molar-refractivity contribution in [3.8, 4) is 5.75 Å². The van der Waals surface area contributed by atoms with Gasteiger partial charge < -0.3 is 9.64 Å². The van der Waals surface area contributed by atoms with Gasteiger partial charge in [0, 0.05) is 27.2 Å². The van der Waals surface area contributed by atoms with Gasteiger partial charge in [-0.15, -0.1) is 5.10 Å². The molecule has 1 aliphatic heterocycles. The van der Waals surface area contributed by atoms with Crippen molar-refractivity contribution in [3.05, 3.63) is 41.7 Å². The van der Waals surface area contributed by atoms with Gasteiger partial charge in [0.25, 0.3) is 5.91 Å². The maximum absolute atomic E-state index is 12.5. The number of carbonyl (C=O) groups is 1. The normalized spacial score (nSPS) is 14.5. The number of amides is 1. The zero-order chi connectivity index (χ0) is 18.3. The zero-order valence-corrected chi connectivity index (χ0v) is 14.9. The molecule has 4 heterocycles. The highest BCUT2D eigenvalue weighted by Crippen LogP contribution is 2.23. The summed E-state index contributed by atoms with van der Waals surface area (Å²) in [4.78, 5) is 14.3. The third kappa shape index (κ3) is 3.05. The summed E-state index contributed by atoms with van der Waals surface area (Å²) in [6, 6.07) is 1.94. The first-order chi connectivity index (χ1) is 12.5. The molecule has 1 aliphatic rings. The van der Waals surface area contributed by atoms with Crippen LogP contribution in [0.15, 0.2) is 24.7 Å². The fourth-order valence-electron chi connectivity index (χ4n) is 2.95. The molecule has 0 spiro atoms. The van der Waals surface area contributed by atoms with Crippen molar-refractivity contribution in [1.29, 1.82) is 0 Å². The second-order valence-corrected chi connectivity index (χ2v) is 6.49. The highest BCUT2D eigenvalue weighted by molar-refractivity contribution is 5.93. The maximum atomic E-state index is 12.5. The molecule has 0 saturated carbocycles. The lowest BCUT2D eigenvalue weighted by molar-refractivity contribution is 0.0487. The average molecular weight is 356 g/mol. The van der Waals surface area contributed by atoms with E-state index in [4.69, 9.17) is 4.74 Å². The van der Waals surface area contributed by atoms with Crippen molar-refractivity contribution in [2.45, 2.75) is 19.6 Å². The molecule has 0 radical (unpaired) electrons. The second kappa shape index (κ2) is 6.28. The molecule has 0 aromatic carbocycles. The van der Waals surface area contributed by atoms with E-state index in [0.29, 0.717) is 31.1 Å². The number of carbonyl (C=O) groups excluding carboxylic acids is 1. The van der Waals surface area contributed by atoms with Gasteiger partial charge in [-0.2, -0.15) is 10.2 Å². The molecular weight excluding hydrogens is 336 g/mol. The van der Waals surface area contributed by atoms with Gasteiger partial charge in [-0.1, -0.05) is 5.21 Å². The monoisotopic (exact) mass is 356 g/mol. The summed E-state index contributed by atoms with van der Waals surface area (Å²) < 4.78 is 10.7. The number of rotatable bonds is 5. The average Bonchev–Trinajstić information content (AvgIpc) is 3.25. The van der Waals surface area contributed by atoms with Crippen molar-refractivity contribution in [2.24, 2.45) is 14.1 Å². The van der Waals surface area contributed by atoms with Gasteiger partial charge in [-0.05, 0) is 13.0 Å². The van der Waals surface area contributed by atoms with Crippen LogP contribution in [0.4, 0.5) is 0 Å². The quantitative estimate of drug-likeness (QED) is 0.654. The van der Waals surface area contributed by atoms with E-state index in [1.165, 1.54) is 0 Å². The van der Waals surface area contributed by atoms with E-state index in [9.17, 15) is 4.79 Å². The molecule has 0 aliphatic carbocycles. The Balaban J connectivity index is 1.32. The lowest BCUT2D eigenvalue weighted by Gasteiger charge is -2.38. The molecule has 1 fully saturated rings. The number of hydrogen-bond donors (Lipinski definition) is 0. The largest absolute Gasteiger partial charge is 0.484 e. The Hall–Kier alpha value is -3.17. The van der Waals surface area contributed by atoms with Crippen LogP contribution in [-0.4, -0.2) is 58.5 Å². The fourth-order valence-corrected chi connectivity index (χ4v) is 2.95. The first-order valence-electron chi connectivity index (χ1n) is 8.31. The van der Waals surface area contributed by atoms with Crippen LogP contribution in [0, 0.1) is 6.92 Å². The van der Waals surface area contributed by atoms with Gasteiger partial charge in [0.2, 0.25) is 0 Å². The molecule has 10 nitrogen and oxygen atoms in total. The van der Waals surface area contributed by atoms with E-state index in [0.717, 1.165) is 11.4 Å². The van der Waals surface area contributed by atoms with Crippen LogP contribution >= 0.6 is 0 Å². The van der Waals surface area contributed by atoms with Crippen molar-refractivity contribution in [2.75, 3.05) is 13.1 Å². The summed E-state index contributed by atoms with van der Waals surface area (Å²) in [6.07, 6.45) is 5.30. The molecule has 0 bridgehead atoms. The minimum Gasteiger partial charge on any atom is -0.484 e. The molecule has 1 amide bonds. The number of nitrogens with zero attached hydrogens (tertiary/aromatic N) is 8. The summed E-state index contributed by atoms with van der Waals surface area (Å²) >= 11 is 0. The van der Waals surface area contributed by atoms with E-state index in [2.05, 4.69) is 20.5 Å². The maximum Gasteiger partial charge on any atom is 0.272 e. The van der Waals surface area contributed by atoms with E-state index in [1.54, 1.807) is 44.5 Å². The second-order valence-electron chi connectivity index (χ2n) is 6.49. The number of likely N-dealkylation sites (tertiary alicyclic amines) is 1. The standard InChI is InChI=1S/C16H20N8O2/c1-11-4-15(22(3)19-11)16(25)23-7-13(8-23)24-6-12(18-20-24)10-26-14-5-17-21(2)9-14/h4-6,9,13H,7-8,10H2,1-3H3. The fraction of sp³-hybridized carbons (Fsp3) is 0.438. The van der Waals surface area contributed by atoms with Gasteiger partial charge in [0.15, 0.2) is 5.75 Å². The van der Waals surface area contributed by atoms with Gasteiger partial charge >= 0.3 is 0 Å². The molecule has 26 heavy (non-hydrogen) atoms. The molecule has 0 atom stereocenters. The van der Waals surface area contributed by atoms with E-state index >= 15 is 0 Å². The van der Waals surface area contributed by atoms with Crippen LogP contribution in [0.3, 0.4) is 0 Å². The lowest BCUT2D eigenvalue weighted by Crippen LogP contribution is -2.51. The topological polar surface area (TPSA) is 95.9 Å². The molecule has 10 heteroatoms. The van der Waals surface area contributed by atoms with Crippen molar-refractivity contribution < 1.29 is 9.53 Å². The van der Waals surface area contributed by atoms with E-state index < -0.39 is 0 Å². The van der Waals surface area contributed by atoms with Crippen LogP contribution in [0.5, 0.6) is 5.75 Å². The SMILES string of the molecule is Cc1cc(C(=O)N2CC(n3cc(COc4cnn(C)c4)nn3)C2)n(C)n1. The zero-order valence-electron chi connectivity index (χ0n) is 14.9. The van der Waals surface area contributed by atoms with Gasteiger partial charge in [-0.25, -0.2) is 4.68 Å². The predicted octanol–water partition coefficient (Wildman–Crippen LogP) is 0.330. The van der Waals surface area contributed by atoms with Crippen LogP contribution in [0.25, 0.3) is 0 Å². The van der Waals surface area contributed by atoms with Crippen molar-refractivity contribution >= 4 is 5.91 Å². The Bertz CT molecular complexity index is 934. The first-order valence-corrected chi connectivity index (χ1v) is 8.31. The smallest absolute Gasteiger partial charge is 0.272 e. The molecule has 3 aromatic heterocycles. The third-order valence-corrected chi connectivity index (χ3v) is 4.37. The predicted molar refractivity (Wildman–Crippen MR) is 90.4 cm³/mol. The van der Waals surface area contributed by atoms with Gasteiger partial charge in [-0.3, -0.25) is 14.2 Å². The summed E-state index contributed by atoms with van der Waals surface area (Å²) in [7, 11) is 3.61. The molecule has 136 valence electrons. The molecule has 0 N–H and O–H groups in total. The molecular formula is C16H20N8O2. The third-order valence-electron chi connectivity index (χ3n) is 4.37. The van der Waals surface area contributed by atoms with Crippen molar-refractivity contribution in [1.82, 2.24) is 39.5 Å². The Labute approximate surface area is 150 Å². The minimum atomic E-state index is -0.00963. The van der Waals surface area contributed by atoms with Crippen molar-refractivity contribution in [3.63, 3.8) is 0 Å². The lowest BCUT2D eigenvalue weighted by atomic mass is 10.1. The molecule has 4 rings (SSSR count). The molecule has 1 saturated heterocycles. The Morgan fingerprint density at radius 2 is 2.12 bits per heavy atom. The summed E-state index contributed by atoms with van der Waals surface area (Å²) in [6.45, 7) is 3.42. The van der Waals surface area contributed by atoms with E-state index in [-0.39, 0.29) is 11.9 Å². The number of aromatic nitrogens is 7. The van der Waals surface area contributed by atoms with Crippen LogP contribution in [0.2, 0.25) is 0 Å². The minimum absolute atomic E-state index is 0.00963. The highest BCUT2D eigenvalue weighted by Gasteiger charge is 2.34. The molecule has 0 unspecified atom stereocenters. The van der Waals surface area contributed by atoms with Gasteiger partial charge in [0.1, 0.15) is 18.0 Å². The van der Waals surface area contributed by atoms with Crippen LogP contribution in [-0.2, 0) is 20.7 Å².